The van der Waals surface area contributed by atoms with Crippen LogP contribution in [0.3, 0.4) is 0 Å². The largest absolute Gasteiger partial charge is 0.382 e. The number of rotatable bonds is 3. The van der Waals surface area contributed by atoms with E-state index in [0.717, 1.165) is 16.7 Å². The van der Waals surface area contributed by atoms with E-state index in [4.69, 9.17) is 5.73 Å². The highest BCUT2D eigenvalue weighted by atomic mass is 16.1. The van der Waals surface area contributed by atoms with Crippen LogP contribution < -0.4 is 5.73 Å². The van der Waals surface area contributed by atoms with Gasteiger partial charge in [-0.2, -0.15) is 0 Å². The third-order valence-electron chi connectivity index (χ3n) is 4.09. The molecule has 2 aromatic heterocycles. The topological polar surface area (TPSA) is 77.5 Å². The van der Waals surface area contributed by atoms with Crippen LogP contribution in [-0.2, 0) is 0 Å². The van der Waals surface area contributed by atoms with Crippen LogP contribution in [0.1, 0.15) is 52.6 Å². The summed E-state index contributed by atoms with van der Waals surface area (Å²) in [6.45, 7) is 3.50. The Labute approximate surface area is 146 Å². The number of imidazole rings is 1. The van der Waals surface area contributed by atoms with Crippen LogP contribution in [0.25, 0.3) is 16.8 Å². The van der Waals surface area contributed by atoms with Gasteiger partial charge in [-0.25, -0.2) is 4.98 Å². The van der Waals surface area contributed by atoms with E-state index in [9.17, 15) is 9.59 Å². The molecule has 0 spiro atoms. The number of aromatic nitrogens is 2. The van der Waals surface area contributed by atoms with Crippen molar-refractivity contribution in [2.24, 2.45) is 0 Å². The number of anilines is 1. The van der Waals surface area contributed by atoms with Crippen molar-refractivity contribution in [3.8, 4) is 11.1 Å². The second-order valence-electron chi connectivity index (χ2n) is 6.29. The number of aryl methyl sites for hydroxylation is 1. The fraction of sp³-hybridized carbons (Fsp3) is 0.250. The van der Waals surface area contributed by atoms with E-state index in [1.807, 2.05) is 37.4 Å². The highest BCUT2D eigenvalue weighted by Crippen LogP contribution is 2.26. The number of fused-ring (bicyclic) bond motifs is 1. The van der Waals surface area contributed by atoms with Gasteiger partial charge >= 0.3 is 0 Å². The van der Waals surface area contributed by atoms with Crippen LogP contribution in [-0.4, -0.2) is 21.5 Å². The molecule has 0 bridgehead atoms. The zero-order valence-corrected chi connectivity index (χ0v) is 14.5. The van der Waals surface area contributed by atoms with Gasteiger partial charge < -0.3 is 5.73 Å². The normalized spacial score (nSPS) is 12.4. The molecular formula is C20H21N3O2. The van der Waals surface area contributed by atoms with Crippen LogP contribution in [0.15, 0.2) is 36.5 Å². The zero-order valence-electron chi connectivity index (χ0n) is 14.5. The number of ketones is 1. The van der Waals surface area contributed by atoms with E-state index in [2.05, 4.69) is 4.98 Å². The summed E-state index contributed by atoms with van der Waals surface area (Å²) >= 11 is 0. The Hall–Kier alpha value is -2.95. The molecule has 0 unspecified atom stereocenters. The second-order valence-corrected chi connectivity index (χ2v) is 6.29. The van der Waals surface area contributed by atoms with E-state index in [1.54, 1.807) is 17.4 Å². The van der Waals surface area contributed by atoms with Crippen LogP contribution in [0.4, 0.5) is 5.82 Å². The van der Waals surface area contributed by atoms with Gasteiger partial charge in [0.05, 0.1) is 0 Å². The molecule has 25 heavy (non-hydrogen) atoms. The fourth-order valence-electron chi connectivity index (χ4n) is 2.56. The van der Waals surface area contributed by atoms with Crippen LogP contribution in [0.2, 0.25) is 0 Å². The number of nitrogen functional groups attached to an aromatic ring is 1. The molecule has 2 heterocycles. The predicted octanol–water partition coefficient (Wildman–Crippen LogP) is 4.08. The van der Waals surface area contributed by atoms with Crippen molar-refractivity contribution in [3.05, 3.63) is 53.3 Å². The van der Waals surface area contributed by atoms with Gasteiger partial charge in [-0.05, 0) is 48.7 Å². The van der Waals surface area contributed by atoms with Crippen molar-refractivity contribution in [1.82, 2.24) is 9.38 Å². The Bertz CT molecular complexity index is 952. The summed E-state index contributed by atoms with van der Waals surface area (Å²) in [6.07, 6.45) is 7.03. The van der Waals surface area contributed by atoms with Gasteiger partial charge in [0.15, 0.2) is 17.9 Å². The fourth-order valence-corrected chi connectivity index (χ4v) is 2.56. The number of carbonyl (C=O) groups excluding carboxylic acids is 2. The van der Waals surface area contributed by atoms with Crippen molar-refractivity contribution in [1.29, 1.82) is 0 Å². The summed E-state index contributed by atoms with van der Waals surface area (Å²) in [7, 11) is 0. The quantitative estimate of drug-likeness (QED) is 0.578. The molecular weight excluding hydrogens is 314 g/mol. The molecule has 1 aliphatic carbocycles. The molecule has 5 nitrogen and oxygen atoms in total. The number of nitrogens with zero attached hydrogens (tertiary/aromatic N) is 2. The van der Waals surface area contributed by atoms with Gasteiger partial charge in [0.25, 0.3) is 0 Å². The smallest absolute Gasteiger partial charge is 0.170 e. The number of carbonyl (C=O) groups is 2. The average molecular weight is 335 g/mol. The molecule has 1 fully saturated rings. The number of aldehydes is 1. The SMILES string of the molecule is C1CC1.CC(=O)c1ccc(-c2ccc3nc(N)c(C=O)n3c2)c(C)c1. The summed E-state index contributed by atoms with van der Waals surface area (Å²) in [6, 6.07) is 9.32. The zero-order chi connectivity index (χ0) is 18.0. The highest BCUT2D eigenvalue weighted by molar-refractivity contribution is 5.95. The third-order valence-corrected chi connectivity index (χ3v) is 4.09. The maximum Gasteiger partial charge on any atom is 0.170 e. The van der Waals surface area contributed by atoms with Crippen molar-refractivity contribution in [2.75, 3.05) is 5.73 Å². The molecule has 128 valence electrons. The van der Waals surface area contributed by atoms with E-state index in [-0.39, 0.29) is 11.6 Å². The molecule has 0 atom stereocenters. The maximum absolute atomic E-state index is 11.4. The van der Waals surface area contributed by atoms with E-state index in [1.165, 1.54) is 19.3 Å². The highest BCUT2D eigenvalue weighted by Gasteiger charge is 2.11. The lowest BCUT2D eigenvalue weighted by Crippen LogP contribution is -1.97. The first kappa shape index (κ1) is 16.9. The lowest BCUT2D eigenvalue weighted by atomic mass is 9.98. The minimum absolute atomic E-state index is 0.0377. The van der Waals surface area contributed by atoms with Gasteiger partial charge in [-0.15, -0.1) is 0 Å². The molecule has 0 saturated heterocycles. The molecule has 1 saturated carbocycles. The Morgan fingerprint density at radius 3 is 2.48 bits per heavy atom. The van der Waals surface area contributed by atoms with Crippen molar-refractivity contribution < 1.29 is 9.59 Å². The number of nitrogens with two attached hydrogens (primary N) is 1. The third kappa shape index (κ3) is 3.60. The van der Waals surface area contributed by atoms with Crippen molar-refractivity contribution in [3.63, 3.8) is 0 Å². The van der Waals surface area contributed by atoms with Gasteiger partial charge in [-0.3, -0.25) is 14.0 Å². The molecule has 0 radical (unpaired) electrons. The standard InChI is InChI=1S/C17H15N3O2.C3H6/c1-10-7-12(11(2)22)3-5-14(10)13-4-6-16-19-17(18)15(9-21)20(16)8-13;1-2-3-1/h3-9H,18H2,1-2H3;1-3H2. The first-order valence-electron chi connectivity index (χ1n) is 8.36. The Kier molecular flexibility index (Phi) is 4.65. The monoisotopic (exact) mass is 335 g/mol. The number of benzene rings is 1. The number of hydrogen-bond acceptors (Lipinski definition) is 4. The lowest BCUT2D eigenvalue weighted by Gasteiger charge is -2.08. The van der Waals surface area contributed by atoms with Gasteiger partial charge in [0, 0.05) is 11.8 Å². The summed E-state index contributed by atoms with van der Waals surface area (Å²) in [5, 5.41) is 0. The molecule has 2 N–H and O–H groups in total. The van der Waals surface area contributed by atoms with E-state index < -0.39 is 0 Å². The van der Waals surface area contributed by atoms with Gasteiger partial charge in [-0.1, -0.05) is 31.4 Å². The van der Waals surface area contributed by atoms with Gasteiger partial charge in [0.2, 0.25) is 0 Å². The molecule has 1 aromatic carbocycles. The Morgan fingerprint density at radius 1 is 1.20 bits per heavy atom. The Balaban J connectivity index is 0.000000549. The second kappa shape index (κ2) is 6.89. The molecule has 0 amide bonds. The van der Waals surface area contributed by atoms with Crippen LogP contribution in [0, 0.1) is 6.92 Å². The number of hydrogen-bond donors (Lipinski definition) is 1. The maximum atomic E-state index is 11.4. The van der Waals surface area contributed by atoms with E-state index in [0.29, 0.717) is 23.2 Å². The number of pyridine rings is 1. The first-order valence-corrected chi connectivity index (χ1v) is 8.36. The average Bonchev–Trinajstić information content (AvgIpc) is 3.43. The van der Waals surface area contributed by atoms with Gasteiger partial charge in [0.1, 0.15) is 11.3 Å². The van der Waals surface area contributed by atoms with Crippen LogP contribution >= 0.6 is 0 Å². The Morgan fingerprint density at radius 2 is 1.92 bits per heavy atom. The van der Waals surface area contributed by atoms with Crippen molar-refractivity contribution >= 4 is 23.5 Å². The summed E-state index contributed by atoms with van der Waals surface area (Å²) in [5.41, 5.74) is 10.3. The van der Waals surface area contributed by atoms with Crippen molar-refractivity contribution in [2.45, 2.75) is 33.1 Å². The molecule has 5 heteroatoms. The minimum Gasteiger partial charge on any atom is -0.382 e. The number of Topliss-reactive ketones (excluding diaryl/α,β-unsaturated/α-hetero) is 1. The lowest BCUT2D eigenvalue weighted by molar-refractivity contribution is 0.101. The molecule has 1 aliphatic rings. The summed E-state index contributed by atoms with van der Waals surface area (Å²) < 4.78 is 1.68. The summed E-state index contributed by atoms with van der Waals surface area (Å²) in [5.74, 6) is 0.256. The van der Waals surface area contributed by atoms with E-state index >= 15 is 0 Å². The first-order chi connectivity index (χ1) is 12.0. The predicted molar refractivity (Wildman–Crippen MR) is 99.0 cm³/mol. The molecule has 4 rings (SSSR count). The molecule has 0 aliphatic heterocycles. The summed E-state index contributed by atoms with van der Waals surface area (Å²) in [4.78, 5) is 26.7. The van der Waals surface area contributed by atoms with Crippen LogP contribution in [0.5, 0.6) is 0 Å². The minimum atomic E-state index is 0.0377. The molecule has 3 aromatic rings.